The molecule has 19 heavy (non-hydrogen) atoms. The molecule has 0 N–H and O–H groups in total. The van der Waals surface area contributed by atoms with E-state index in [1.54, 1.807) is 0 Å². The van der Waals surface area contributed by atoms with E-state index >= 15 is 0 Å². The quantitative estimate of drug-likeness (QED) is 0.521. The Bertz CT molecular complexity index is 576. The molecule has 0 bridgehead atoms. The molecule has 0 amide bonds. The van der Waals surface area contributed by atoms with Crippen LogP contribution in [0.1, 0.15) is 27.1 Å². The van der Waals surface area contributed by atoms with Crippen LogP contribution in [0.25, 0.3) is 0 Å². The normalized spacial score (nSPS) is 12.5. The summed E-state index contributed by atoms with van der Waals surface area (Å²) in [5.41, 5.74) is 4.99. The van der Waals surface area contributed by atoms with E-state index in [1.807, 2.05) is 13.0 Å². The van der Waals surface area contributed by atoms with Crippen LogP contribution in [0.3, 0.4) is 0 Å². The van der Waals surface area contributed by atoms with Gasteiger partial charge in [-0.15, -0.1) is 0 Å². The van der Waals surface area contributed by atoms with Crippen LogP contribution in [-0.4, -0.2) is 0 Å². The van der Waals surface area contributed by atoms with Gasteiger partial charge in [0.1, 0.15) is 0 Å². The summed E-state index contributed by atoms with van der Waals surface area (Å²) in [6.45, 7) is 4.15. The molecule has 0 fully saturated rings. The molecule has 0 saturated heterocycles. The van der Waals surface area contributed by atoms with E-state index in [-0.39, 0.29) is 0 Å². The van der Waals surface area contributed by atoms with Gasteiger partial charge in [0, 0.05) is 14.3 Å². The smallest absolute Gasteiger partial charge is 0.0438 e. The zero-order valence-electron chi connectivity index (χ0n) is 10.9. The topological polar surface area (TPSA) is 0 Å². The Morgan fingerprint density at radius 2 is 1.68 bits per heavy atom. The Kier molecular flexibility index (Phi) is 5.10. The second-order valence-electron chi connectivity index (χ2n) is 4.76. The van der Waals surface area contributed by atoms with Crippen LogP contribution >= 0.6 is 43.5 Å². The first-order valence-electron chi connectivity index (χ1n) is 6.12. The van der Waals surface area contributed by atoms with E-state index < -0.39 is 0 Å². The highest BCUT2D eigenvalue weighted by Gasteiger charge is 2.13. The average Bonchev–Trinajstić information content (AvgIpc) is 2.36. The monoisotopic (exact) mass is 400 g/mol. The highest BCUT2D eigenvalue weighted by molar-refractivity contribution is 9.10. The fraction of sp³-hybridized carbons (Fsp3) is 0.250. The zero-order chi connectivity index (χ0) is 14.0. The second kappa shape index (κ2) is 6.43. The van der Waals surface area contributed by atoms with E-state index in [0.29, 0.717) is 4.83 Å². The Morgan fingerprint density at radius 3 is 2.32 bits per heavy atom. The van der Waals surface area contributed by atoms with Crippen molar-refractivity contribution in [2.75, 3.05) is 0 Å². The van der Waals surface area contributed by atoms with Crippen molar-refractivity contribution >= 4 is 43.5 Å². The number of rotatable bonds is 3. The summed E-state index contributed by atoms with van der Waals surface area (Å²) in [5, 5.41) is 0.838. The summed E-state index contributed by atoms with van der Waals surface area (Å²) in [6.07, 6.45) is 0.967. The molecule has 1 unspecified atom stereocenters. The lowest BCUT2D eigenvalue weighted by molar-refractivity contribution is 0.935. The molecule has 0 aliphatic rings. The summed E-state index contributed by atoms with van der Waals surface area (Å²) >= 11 is 13.4. The van der Waals surface area contributed by atoms with Crippen LogP contribution in [-0.2, 0) is 6.42 Å². The van der Waals surface area contributed by atoms with Crippen molar-refractivity contribution in [1.29, 1.82) is 0 Å². The van der Waals surface area contributed by atoms with Crippen LogP contribution in [0.15, 0.2) is 40.9 Å². The lowest BCUT2D eigenvalue weighted by Gasteiger charge is -2.15. The minimum Gasteiger partial charge on any atom is -0.0840 e. The Balaban J connectivity index is 2.22. The zero-order valence-corrected chi connectivity index (χ0v) is 14.8. The molecule has 1 atom stereocenters. The number of alkyl halides is 1. The molecule has 0 saturated carbocycles. The molecule has 2 aromatic rings. The third-order valence-electron chi connectivity index (χ3n) is 3.21. The Labute approximate surface area is 136 Å². The summed E-state index contributed by atoms with van der Waals surface area (Å²) in [7, 11) is 0. The van der Waals surface area contributed by atoms with Crippen molar-refractivity contribution in [1.82, 2.24) is 0 Å². The fourth-order valence-electron chi connectivity index (χ4n) is 2.08. The van der Waals surface area contributed by atoms with Gasteiger partial charge in [-0.3, -0.25) is 0 Å². The molecule has 0 radical (unpaired) electrons. The van der Waals surface area contributed by atoms with Crippen LogP contribution < -0.4 is 0 Å². The van der Waals surface area contributed by atoms with Gasteiger partial charge in [-0.1, -0.05) is 61.7 Å². The lowest BCUT2D eigenvalue weighted by Crippen LogP contribution is -1.99. The maximum absolute atomic E-state index is 6.15. The van der Waals surface area contributed by atoms with Crippen LogP contribution in [0.5, 0.6) is 0 Å². The summed E-state index contributed by atoms with van der Waals surface area (Å²) in [5.74, 6) is 0. The van der Waals surface area contributed by atoms with Crippen molar-refractivity contribution < 1.29 is 0 Å². The standard InChI is InChI=1S/C16H15Br2Cl/c1-10-8-16(19)11(2)7-14(10)15(18)9-12-3-5-13(17)6-4-12/h3-8,15H,9H2,1-2H3. The van der Waals surface area contributed by atoms with E-state index in [0.717, 1.165) is 21.5 Å². The molecule has 0 nitrogen and oxygen atoms in total. The third kappa shape index (κ3) is 3.84. The van der Waals surface area contributed by atoms with Gasteiger partial charge < -0.3 is 0 Å². The van der Waals surface area contributed by atoms with Gasteiger partial charge in [-0.05, 0) is 60.7 Å². The van der Waals surface area contributed by atoms with Crippen molar-refractivity contribution in [2.45, 2.75) is 25.1 Å². The molecule has 2 rings (SSSR count). The molecule has 0 heterocycles. The number of aryl methyl sites for hydroxylation is 2. The first kappa shape index (κ1) is 15.1. The summed E-state index contributed by atoms with van der Waals surface area (Å²) in [4.78, 5) is 0.310. The van der Waals surface area contributed by atoms with Crippen LogP contribution in [0.4, 0.5) is 0 Å². The van der Waals surface area contributed by atoms with Crippen LogP contribution in [0.2, 0.25) is 5.02 Å². The number of halogens is 3. The van der Waals surface area contributed by atoms with Crippen molar-refractivity contribution in [3.8, 4) is 0 Å². The van der Waals surface area contributed by atoms with E-state index in [4.69, 9.17) is 11.6 Å². The second-order valence-corrected chi connectivity index (χ2v) is 7.18. The molecule has 0 aliphatic heterocycles. The number of benzene rings is 2. The first-order valence-corrected chi connectivity index (χ1v) is 8.21. The summed E-state index contributed by atoms with van der Waals surface area (Å²) in [6, 6.07) is 12.7. The van der Waals surface area contributed by atoms with Gasteiger partial charge in [-0.2, -0.15) is 0 Å². The van der Waals surface area contributed by atoms with Gasteiger partial charge in [0.25, 0.3) is 0 Å². The molecule has 3 heteroatoms. The number of hydrogen-bond donors (Lipinski definition) is 0. The largest absolute Gasteiger partial charge is 0.0840 e. The summed E-state index contributed by atoms with van der Waals surface area (Å²) < 4.78 is 1.11. The SMILES string of the molecule is Cc1cc(C(Br)Cc2ccc(Br)cc2)c(C)cc1Cl. The molecular formula is C16H15Br2Cl. The first-order chi connectivity index (χ1) is 8.97. The minimum atomic E-state index is 0.310. The minimum absolute atomic E-state index is 0.310. The molecule has 100 valence electrons. The molecule has 2 aromatic carbocycles. The average molecular weight is 403 g/mol. The maximum atomic E-state index is 6.15. The number of hydrogen-bond acceptors (Lipinski definition) is 0. The lowest BCUT2D eigenvalue weighted by atomic mass is 9.98. The van der Waals surface area contributed by atoms with E-state index in [9.17, 15) is 0 Å². The molecule has 0 spiro atoms. The maximum Gasteiger partial charge on any atom is 0.0438 e. The van der Waals surface area contributed by atoms with Gasteiger partial charge in [-0.25, -0.2) is 0 Å². The Hall–Kier alpha value is -0.310. The highest BCUT2D eigenvalue weighted by Crippen LogP contribution is 2.32. The predicted molar refractivity (Wildman–Crippen MR) is 90.4 cm³/mol. The van der Waals surface area contributed by atoms with Gasteiger partial charge in [0.2, 0.25) is 0 Å². The van der Waals surface area contributed by atoms with Gasteiger partial charge >= 0.3 is 0 Å². The van der Waals surface area contributed by atoms with Gasteiger partial charge in [0.05, 0.1) is 0 Å². The van der Waals surface area contributed by atoms with Gasteiger partial charge in [0.15, 0.2) is 0 Å². The fourth-order valence-corrected chi connectivity index (χ4v) is 3.43. The predicted octanol–water partition coefficient (Wildman–Crippen LogP) is 6.40. The molecular weight excluding hydrogens is 387 g/mol. The van der Waals surface area contributed by atoms with Crippen molar-refractivity contribution in [3.05, 3.63) is 68.1 Å². The molecule has 0 aliphatic carbocycles. The van der Waals surface area contributed by atoms with E-state index in [1.165, 1.54) is 16.7 Å². The van der Waals surface area contributed by atoms with Crippen molar-refractivity contribution in [3.63, 3.8) is 0 Å². The third-order valence-corrected chi connectivity index (χ3v) is 4.97. The molecule has 0 aromatic heterocycles. The van der Waals surface area contributed by atoms with Crippen molar-refractivity contribution in [2.24, 2.45) is 0 Å². The van der Waals surface area contributed by atoms with Crippen LogP contribution in [0, 0.1) is 13.8 Å². The van der Waals surface area contributed by atoms with E-state index in [2.05, 4.69) is 69.1 Å². The Morgan fingerprint density at radius 1 is 1.05 bits per heavy atom. The highest BCUT2D eigenvalue weighted by atomic mass is 79.9.